The lowest BCUT2D eigenvalue weighted by molar-refractivity contribution is 0.937. The number of hydrogen-bond donors (Lipinski definition) is 1. The van der Waals surface area contributed by atoms with Crippen LogP contribution in [0.5, 0.6) is 0 Å². The smallest absolute Gasteiger partial charge is 0.190 e. The van der Waals surface area contributed by atoms with Crippen LogP contribution in [0.1, 0.15) is 37.2 Å². The lowest BCUT2D eigenvalue weighted by atomic mass is 10.1. The number of thiazole rings is 1. The molecule has 0 aliphatic heterocycles. The molecule has 0 atom stereocenters. The molecule has 0 bridgehead atoms. The van der Waals surface area contributed by atoms with Crippen LogP contribution in [0, 0.1) is 13.8 Å². The maximum Gasteiger partial charge on any atom is 0.190 e. The third-order valence-corrected chi connectivity index (χ3v) is 3.88. The Labute approximate surface area is 118 Å². The lowest BCUT2D eigenvalue weighted by Crippen LogP contribution is -2.09. The van der Waals surface area contributed by atoms with Crippen molar-refractivity contribution in [3.8, 4) is 10.8 Å². The zero-order valence-corrected chi connectivity index (χ0v) is 12.8. The van der Waals surface area contributed by atoms with Gasteiger partial charge in [-0.1, -0.05) is 13.8 Å². The first-order chi connectivity index (χ1) is 9.15. The van der Waals surface area contributed by atoms with Crippen molar-refractivity contribution in [3.05, 3.63) is 22.3 Å². The van der Waals surface area contributed by atoms with Gasteiger partial charge in [0.1, 0.15) is 5.82 Å². The number of hydrogen-bond acceptors (Lipinski definition) is 5. The van der Waals surface area contributed by atoms with Gasteiger partial charge >= 0.3 is 0 Å². The van der Waals surface area contributed by atoms with Crippen LogP contribution in [-0.2, 0) is 6.42 Å². The number of anilines is 1. The molecule has 0 radical (unpaired) electrons. The highest BCUT2D eigenvalue weighted by Gasteiger charge is 2.13. The second-order valence-electron chi connectivity index (χ2n) is 4.53. The van der Waals surface area contributed by atoms with Crippen LogP contribution in [-0.4, -0.2) is 21.5 Å². The van der Waals surface area contributed by atoms with Crippen molar-refractivity contribution < 1.29 is 0 Å². The van der Waals surface area contributed by atoms with Gasteiger partial charge in [-0.25, -0.2) is 15.0 Å². The normalized spacial score (nSPS) is 10.7. The van der Waals surface area contributed by atoms with E-state index in [1.54, 1.807) is 11.3 Å². The average Bonchev–Trinajstić information content (AvgIpc) is 2.82. The minimum Gasteiger partial charge on any atom is -0.370 e. The monoisotopic (exact) mass is 276 g/mol. The van der Waals surface area contributed by atoms with Crippen molar-refractivity contribution >= 4 is 17.2 Å². The van der Waals surface area contributed by atoms with Gasteiger partial charge in [-0.3, -0.25) is 0 Å². The van der Waals surface area contributed by atoms with E-state index in [9.17, 15) is 0 Å². The summed E-state index contributed by atoms with van der Waals surface area (Å²) in [5.74, 6) is 1.69. The zero-order valence-electron chi connectivity index (χ0n) is 11.9. The molecular formula is C14H20N4S. The first-order valence-electron chi connectivity index (χ1n) is 6.69. The molecular weight excluding hydrogens is 256 g/mol. The molecule has 0 fully saturated rings. The fraction of sp³-hybridized carbons (Fsp3) is 0.500. The summed E-state index contributed by atoms with van der Waals surface area (Å²) >= 11 is 1.59. The number of nitrogens with one attached hydrogen (secondary N) is 1. The first-order valence-corrected chi connectivity index (χ1v) is 7.57. The summed E-state index contributed by atoms with van der Waals surface area (Å²) in [5.41, 5.74) is 3.26. The SMILES string of the molecule is CCCNc1nc(-c2nc(C)cs2)nc(C)c1CC. The molecule has 0 unspecified atom stereocenters. The van der Waals surface area contributed by atoms with Gasteiger partial charge in [-0.2, -0.15) is 0 Å². The Morgan fingerprint density at radius 1 is 1.16 bits per heavy atom. The number of aromatic nitrogens is 3. The third kappa shape index (κ3) is 3.10. The van der Waals surface area contributed by atoms with Gasteiger partial charge in [0.2, 0.25) is 0 Å². The Kier molecular flexibility index (Phi) is 4.47. The molecule has 2 heterocycles. The highest BCUT2D eigenvalue weighted by Crippen LogP contribution is 2.25. The Hall–Kier alpha value is -1.49. The molecule has 5 heteroatoms. The summed E-state index contributed by atoms with van der Waals surface area (Å²) in [6, 6.07) is 0. The fourth-order valence-electron chi connectivity index (χ4n) is 1.96. The van der Waals surface area contributed by atoms with E-state index in [1.807, 2.05) is 19.2 Å². The summed E-state index contributed by atoms with van der Waals surface area (Å²) in [6.07, 6.45) is 2.02. The summed E-state index contributed by atoms with van der Waals surface area (Å²) in [6.45, 7) is 9.25. The highest BCUT2D eigenvalue weighted by molar-refractivity contribution is 7.13. The molecule has 0 amide bonds. The van der Waals surface area contributed by atoms with Crippen molar-refractivity contribution in [1.82, 2.24) is 15.0 Å². The topological polar surface area (TPSA) is 50.7 Å². The van der Waals surface area contributed by atoms with Crippen molar-refractivity contribution in [2.45, 2.75) is 40.5 Å². The van der Waals surface area contributed by atoms with Crippen LogP contribution in [0.25, 0.3) is 10.8 Å². The summed E-state index contributed by atoms with van der Waals surface area (Å²) in [5, 5.41) is 6.32. The van der Waals surface area contributed by atoms with E-state index in [2.05, 4.69) is 34.1 Å². The third-order valence-electron chi connectivity index (χ3n) is 2.92. The molecule has 0 aliphatic rings. The van der Waals surface area contributed by atoms with Crippen LogP contribution in [0.4, 0.5) is 5.82 Å². The highest BCUT2D eigenvalue weighted by atomic mass is 32.1. The molecule has 2 aromatic rings. The van der Waals surface area contributed by atoms with Crippen LogP contribution in [0.2, 0.25) is 0 Å². The Morgan fingerprint density at radius 2 is 1.95 bits per heavy atom. The van der Waals surface area contributed by atoms with E-state index in [0.717, 1.165) is 47.4 Å². The van der Waals surface area contributed by atoms with Crippen molar-refractivity contribution in [3.63, 3.8) is 0 Å². The van der Waals surface area contributed by atoms with E-state index in [4.69, 9.17) is 0 Å². The van der Waals surface area contributed by atoms with Crippen LogP contribution < -0.4 is 5.32 Å². The predicted octanol–water partition coefficient (Wildman–Crippen LogP) is 3.60. The minimum absolute atomic E-state index is 0.728. The number of aryl methyl sites for hydroxylation is 2. The number of nitrogens with zero attached hydrogens (tertiary/aromatic N) is 3. The van der Waals surface area contributed by atoms with Crippen molar-refractivity contribution in [2.75, 3.05) is 11.9 Å². The van der Waals surface area contributed by atoms with Crippen LogP contribution in [0.15, 0.2) is 5.38 Å². The zero-order chi connectivity index (χ0) is 13.8. The van der Waals surface area contributed by atoms with Crippen molar-refractivity contribution in [1.29, 1.82) is 0 Å². The predicted molar refractivity (Wildman–Crippen MR) is 80.8 cm³/mol. The molecule has 0 spiro atoms. The van der Waals surface area contributed by atoms with Gasteiger partial charge in [0.05, 0.1) is 0 Å². The molecule has 2 rings (SSSR count). The summed E-state index contributed by atoms with van der Waals surface area (Å²) in [4.78, 5) is 13.7. The molecule has 4 nitrogen and oxygen atoms in total. The standard InChI is InChI=1S/C14H20N4S/c1-5-7-15-12-11(6-2)10(4)17-13(18-12)14-16-9(3)8-19-14/h8H,5-7H2,1-4H3,(H,15,17,18). The molecule has 0 saturated heterocycles. The summed E-state index contributed by atoms with van der Waals surface area (Å²) < 4.78 is 0. The number of rotatable bonds is 5. The van der Waals surface area contributed by atoms with Gasteiger partial charge in [0.15, 0.2) is 10.8 Å². The average molecular weight is 276 g/mol. The van der Waals surface area contributed by atoms with Gasteiger partial charge in [-0.15, -0.1) is 11.3 Å². The quantitative estimate of drug-likeness (QED) is 0.906. The van der Waals surface area contributed by atoms with Crippen molar-refractivity contribution in [2.24, 2.45) is 0 Å². The maximum absolute atomic E-state index is 4.65. The largest absolute Gasteiger partial charge is 0.370 e. The Balaban J connectivity index is 2.43. The molecule has 1 N–H and O–H groups in total. The van der Waals surface area contributed by atoms with E-state index in [0.29, 0.717) is 0 Å². The summed E-state index contributed by atoms with van der Waals surface area (Å²) in [7, 11) is 0. The lowest BCUT2D eigenvalue weighted by Gasteiger charge is -2.12. The van der Waals surface area contributed by atoms with E-state index in [-0.39, 0.29) is 0 Å². The minimum atomic E-state index is 0.728. The maximum atomic E-state index is 4.65. The molecule has 0 aromatic carbocycles. The molecule has 2 aromatic heterocycles. The second kappa shape index (κ2) is 6.10. The Bertz CT molecular complexity index is 563. The molecule has 19 heavy (non-hydrogen) atoms. The van der Waals surface area contributed by atoms with E-state index in [1.165, 1.54) is 5.56 Å². The molecule has 0 saturated carbocycles. The van der Waals surface area contributed by atoms with Gasteiger partial charge in [-0.05, 0) is 26.7 Å². The second-order valence-corrected chi connectivity index (χ2v) is 5.39. The van der Waals surface area contributed by atoms with Gasteiger partial charge in [0, 0.05) is 28.9 Å². The Morgan fingerprint density at radius 3 is 2.53 bits per heavy atom. The molecule has 0 aliphatic carbocycles. The van der Waals surface area contributed by atoms with Gasteiger partial charge in [0.25, 0.3) is 0 Å². The fourth-order valence-corrected chi connectivity index (χ4v) is 2.69. The van der Waals surface area contributed by atoms with E-state index >= 15 is 0 Å². The molecule has 102 valence electrons. The van der Waals surface area contributed by atoms with Crippen LogP contribution >= 0.6 is 11.3 Å². The van der Waals surface area contributed by atoms with E-state index < -0.39 is 0 Å². The van der Waals surface area contributed by atoms with Crippen LogP contribution in [0.3, 0.4) is 0 Å². The van der Waals surface area contributed by atoms with Gasteiger partial charge < -0.3 is 5.32 Å². The first kappa shape index (κ1) is 13.9.